The summed E-state index contributed by atoms with van der Waals surface area (Å²) in [4.78, 5) is 0. The molecule has 0 spiro atoms. The largest absolute Gasteiger partial charge is 0.489 e. The van der Waals surface area contributed by atoms with Gasteiger partial charge in [0, 0.05) is 14.5 Å². The van der Waals surface area contributed by atoms with Crippen LogP contribution in [0.4, 0.5) is 0 Å². The lowest BCUT2D eigenvalue weighted by Gasteiger charge is -2.09. The fourth-order valence-electron chi connectivity index (χ4n) is 1.54. The molecule has 94 valence electrons. The third kappa shape index (κ3) is 3.34. The van der Waals surface area contributed by atoms with Crippen molar-refractivity contribution < 1.29 is 9.84 Å². The zero-order valence-electron chi connectivity index (χ0n) is 9.57. The first kappa shape index (κ1) is 13.6. The average molecular weight is 372 g/mol. The Labute approximate surface area is 123 Å². The van der Waals surface area contributed by atoms with Crippen molar-refractivity contribution >= 4 is 31.9 Å². The van der Waals surface area contributed by atoms with Gasteiger partial charge in [0.15, 0.2) is 0 Å². The van der Waals surface area contributed by atoms with Crippen molar-refractivity contribution in [2.45, 2.75) is 13.2 Å². The van der Waals surface area contributed by atoms with Crippen LogP contribution in [0.3, 0.4) is 0 Å². The Bertz CT molecular complexity index is 541. The van der Waals surface area contributed by atoms with Gasteiger partial charge in [0.05, 0.1) is 6.61 Å². The number of rotatable bonds is 4. The maximum Gasteiger partial charge on any atom is 0.120 e. The Morgan fingerprint density at radius 3 is 2.39 bits per heavy atom. The van der Waals surface area contributed by atoms with Gasteiger partial charge >= 0.3 is 0 Å². The van der Waals surface area contributed by atoms with E-state index in [0.717, 1.165) is 25.8 Å². The molecule has 2 aromatic rings. The fraction of sp³-hybridized carbons (Fsp3) is 0.143. The second kappa shape index (κ2) is 6.36. The van der Waals surface area contributed by atoms with Crippen molar-refractivity contribution in [3.8, 4) is 5.75 Å². The third-order valence-electron chi connectivity index (χ3n) is 2.54. The maximum absolute atomic E-state index is 9.18. The number of ether oxygens (including phenoxy) is 1. The molecule has 0 aromatic heterocycles. The standard InChI is InChI=1S/C14H12Br2O2/c15-13-4-2-1-3-10(13)9-18-12-5-6-14(16)11(7-12)8-17/h1-7,17H,8-9H2. The van der Waals surface area contributed by atoms with Crippen LogP contribution in [0.1, 0.15) is 11.1 Å². The molecule has 0 atom stereocenters. The highest BCUT2D eigenvalue weighted by Gasteiger charge is 2.03. The second-order valence-corrected chi connectivity index (χ2v) is 5.50. The molecule has 0 unspecified atom stereocenters. The van der Waals surface area contributed by atoms with E-state index in [9.17, 15) is 5.11 Å². The van der Waals surface area contributed by atoms with E-state index in [1.165, 1.54) is 0 Å². The molecule has 1 N–H and O–H groups in total. The van der Waals surface area contributed by atoms with Gasteiger partial charge < -0.3 is 9.84 Å². The van der Waals surface area contributed by atoms with Crippen LogP contribution < -0.4 is 4.74 Å². The van der Waals surface area contributed by atoms with Gasteiger partial charge in [-0.25, -0.2) is 0 Å². The molecule has 2 nitrogen and oxygen atoms in total. The van der Waals surface area contributed by atoms with Crippen molar-refractivity contribution in [3.63, 3.8) is 0 Å². The van der Waals surface area contributed by atoms with Crippen LogP contribution in [0.15, 0.2) is 51.4 Å². The lowest BCUT2D eigenvalue weighted by Crippen LogP contribution is -1.97. The molecule has 0 heterocycles. The quantitative estimate of drug-likeness (QED) is 0.868. The summed E-state index contributed by atoms with van der Waals surface area (Å²) in [6, 6.07) is 13.5. The molecule has 0 bridgehead atoms. The number of hydrogen-bond acceptors (Lipinski definition) is 2. The molecule has 2 aromatic carbocycles. The number of aliphatic hydroxyl groups is 1. The molecule has 4 heteroatoms. The molecule has 18 heavy (non-hydrogen) atoms. The fourth-order valence-corrected chi connectivity index (χ4v) is 2.31. The predicted molar refractivity (Wildman–Crippen MR) is 78.5 cm³/mol. The topological polar surface area (TPSA) is 29.5 Å². The summed E-state index contributed by atoms with van der Waals surface area (Å²) in [5, 5.41) is 9.18. The highest BCUT2D eigenvalue weighted by molar-refractivity contribution is 9.10. The Morgan fingerprint density at radius 2 is 1.67 bits per heavy atom. The van der Waals surface area contributed by atoms with Gasteiger partial charge in [-0.05, 0) is 29.8 Å². The molecule has 0 aliphatic heterocycles. The second-order valence-electron chi connectivity index (χ2n) is 3.79. The Morgan fingerprint density at radius 1 is 0.944 bits per heavy atom. The zero-order valence-corrected chi connectivity index (χ0v) is 12.7. The van der Waals surface area contributed by atoms with E-state index >= 15 is 0 Å². The van der Waals surface area contributed by atoms with E-state index in [0.29, 0.717) is 6.61 Å². The highest BCUT2D eigenvalue weighted by Crippen LogP contribution is 2.24. The first-order chi connectivity index (χ1) is 8.70. The molecule has 0 radical (unpaired) electrons. The SMILES string of the molecule is OCc1cc(OCc2ccccc2Br)ccc1Br. The van der Waals surface area contributed by atoms with Crippen LogP contribution in [0.5, 0.6) is 5.75 Å². The Kier molecular flexibility index (Phi) is 4.80. The number of aliphatic hydroxyl groups excluding tert-OH is 1. The number of hydrogen-bond donors (Lipinski definition) is 1. The third-order valence-corrected chi connectivity index (χ3v) is 4.09. The molecule has 0 fully saturated rings. The van der Waals surface area contributed by atoms with Gasteiger partial charge in [0.2, 0.25) is 0 Å². The van der Waals surface area contributed by atoms with Crippen LogP contribution in [-0.4, -0.2) is 5.11 Å². The first-order valence-electron chi connectivity index (χ1n) is 5.46. The summed E-state index contributed by atoms with van der Waals surface area (Å²) >= 11 is 6.86. The molecule has 0 saturated heterocycles. The minimum Gasteiger partial charge on any atom is -0.489 e. The van der Waals surface area contributed by atoms with Crippen LogP contribution in [0.25, 0.3) is 0 Å². The number of benzene rings is 2. The van der Waals surface area contributed by atoms with Crippen molar-refractivity contribution in [2.75, 3.05) is 0 Å². The van der Waals surface area contributed by atoms with Crippen LogP contribution in [0, 0.1) is 0 Å². The van der Waals surface area contributed by atoms with Crippen molar-refractivity contribution in [1.82, 2.24) is 0 Å². The lowest BCUT2D eigenvalue weighted by molar-refractivity contribution is 0.277. The monoisotopic (exact) mass is 370 g/mol. The molecule has 0 aliphatic rings. The molecular formula is C14H12Br2O2. The van der Waals surface area contributed by atoms with Gasteiger partial charge in [-0.2, -0.15) is 0 Å². The van der Waals surface area contributed by atoms with Crippen molar-refractivity contribution in [3.05, 3.63) is 62.5 Å². The summed E-state index contributed by atoms with van der Waals surface area (Å²) in [6.07, 6.45) is 0. The minimum absolute atomic E-state index is 0.00713. The Balaban J connectivity index is 2.09. The van der Waals surface area contributed by atoms with Gasteiger partial charge in [0.1, 0.15) is 12.4 Å². The molecule has 0 saturated carbocycles. The van der Waals surface area contributed by atoms with Gasteiger partial charge in [0.25, 0.3) is 0 Å². The first-order valence-corrected chi connectivity index (χ1v) is 7.05. The van der Waals surface area contributed by atoms with E-state index < -0.39 is 0 Å². The van der Waals surface area contributed by atoms with Crippen LogP contribution in [-0.2, 0) is 13.2 Å². The average Bonchev–Trinajstić information content (AvgIpc) is 2.39. The number of halogens is 2. The van der Waals surface area contributed by atoms with Crippen LogP contribution in [0.2, 0.25) is 0 Å². The smallest absolute Gasteiger partial charge is 0.120 e. The maximum atomic E-state index is 9.18. The molecule has 0 amide bonds. The normalized spacial score (nSPS) is 10.4. The van der Waals surface area contributed by atoms with Crippen molar-refractivity contribution in [2.24, 2.45) is 0 Å². The van der Waals surface area contributed by atoms with E-state index in [1.807, 2.05) is 42.5 Å². The lowest BCUT2D eigenvalue weighted by atomic mass is 10.2. The summed E-state index contributed by atoms with van der Waals surface area (Å²) < 4.78 is 7.63. The zero-order chi connectivity index (χ0) is 13.0. The minimum atomic E-state index is -0.00713. The van der Waals surface area contributed by atoms with E-state index in [2.05, 4.69) is 31.9 Å². The highest BCUT2D eigenvalue weighted by atomic mass is 79.9. The van der Waals surface area contributed by atoms with E-state index in [1.54, 1.807) is 0 Å². The van der Waals surface area contributed by atoms with Crippen molar-refractivity contribution in [1.29, 1.82) is 0 Å². The van der Waals surface area contributed by atoms with Gasteiger partial charge in [-0.3, -0.25) is 0 Å². The van der Waals surface area contributed by atoms with Crippen LogP contribution >= 0.6 is 31.9 Å². The van der Waals surface area contributed by atoms with E-state index in [-0.39, 0.29) is 6.61 Å². The molecular weight excluding hydrogens is 360 g/mol. The van der Waals surface area contributed by atoms with E-state index in [4.69, 9.17) is 4.74 Å². The summed E-state index contributed by atoms with van der Waals surface area (Å²) in [5.41, 5.74) is 1.91. The van der Waals surface area contributed by atoms with Gasteiger partial charge in [-0.15, -0.1) is 0 Å². The molecule has 0 aliphatic carbocycles. The summed E-state index contributed by atoms with van der Waals surface area (Å²) in [7, 11) is 0. The summed E-state index contributed by atoms with van der Waals surface area (Å²) in [5.74, 6) is 0.748. The predicted octanol–water partition coefficient (Wildman–Crippen LogP) is 4.28. The Hall–Kier alpha value is -0.840. The van der Waals surface area contributed by atoms with Gasteiger partial charge in [-0.1, -0.05) is 50.1 Å². The summed E-state index contributed by atoms with van der Waals surface area (Å²) in [6.45, 7) is 0.487. The molecule has 2 rings (SSSR count).